The van der Waals surface area contributed by atoms with Crippen LogP contribution in [-0.2, 0) is 17.2 Å². The first-order valence-electron chi connectivity index (χ1n) is 7.57. The first kappa shape index (κ1) is 14.4. The number of alkyl halides is 1. The van der Waals surface area contributed by atoms with Crippen molar-refractivity contribution in [3.8, 4) is 0 Å². The summed E-state index contributed by atoms with van der Waals surface area (Å²) in [5.74, 6) is 1.45. The minimum atomic E-state index is 0.244. The highest BCUT2D eigenvalue weighted by Gasteiger charge is 2.17. The maximum absolute atomic E-state index is 12.3. The molecule has 1 aromatic carbocycles. The highest BCUT2D eigenvalue weighted by atomic mass is 35.5. The molecule has 2 aromatic rings. The van der Waals surface area contributed by atoms with Gasteiger partial charge in [0.2, 0.25) is 5.91 Å². The second kappa shape index (κ2) is 6.48. The Hall–Kier alpha value is -1.55. The Morgan fingerprint density at radius 3 is 2.71 bits per heavy atom. The first-order valence-corrected chi connectivity index (χ1v) is 8.11. The molecule has 1 aliphatic rings. The van der Waals surface area contributed by atoms with Crippen LogP contribution < -0.4 is 0 Å². The summed E-state index contributed by atoms with van der Waals surface area (Å²) in [6.07, 6.45) is 4.02. The normalized spacial score (nSPS) is 15.6. The summed E-state index contributed by atoms with van der Waals surface area (Å²) >= 11 is 5.99. The van der Waals surface area contributed by atoms with Gasteiger partial charge in [-0.2, -0.15) is 0 Å². The van der Waals surface area contributed by atoms with Gasteiger partial charge in [0.1, 0.15) is 5.82 Å². The van der Waals surface area contributed by atoms with Crippen molar-refractivity contribution >= 4 is 28.5 Å². The molecule has 5 heteroatoms. The number of carbonyl (C=O) groups excluding carboxylic acids is 1. The quantitative estimate of drug-likeness (QED) is 0.814. The molecular weight excluding hydrogens is 286 g/mol. The molecular formula is C16H20ClN3O. The zero-order valence-corrected chi connectivity index (χ0v) is 12.9. The lowest BCUT2D eigenvalue weighted by Gasteiger charge is -2.26. The maximum Gasteiger partial charge on any atom is 0.224 e. The van der Waals surface area contributed by atoms with Crippen molar-refractivity contribution in [1.29, 1.82) is 0 Å². The minimum absolute atomic E-state index is 0.244. The monoisotopic (exact) mass is 305 g/mol. The van der Waals surface area contributed by atoms with Crippen LogP contribution in [0.4, 0.5) is 0 Å². The average Bonchev–Trinajstić information content (AvgIpc) is 2.91. The van der Waals surface area contributed by atoms with Gasteiger partial charge >= 0.3 is 0 Å². The Morgan fingerprint density at radius 2 is 1.95 bits per heavy atom. The lowest BCUT2D eigenvalue weighted by molar-refractivity contribution is -0.132. The van der Waals surface area contributed by atoms with Crippen LogP contribution in [0.5, 0.6) is 0 Å². The molecule has 1 fully saturated rings. The van der Waals surface area contributed by atoms with Crippen LogP contribution in [0.15, 0.2) is 24.3 Å². The molecule has 0 unspecified atom stereocenters. The zero-order valence-electron chi connectivity index (χ0n) is 12.1. The number of aryl methyl sites for hydroxylation is 1. The van der Waals surface area contributed by atoms with Gasteiger partial charge in [-0.15, -0.1) is 11.6 Å². The van der Waals surface area contributed by atoms with Crippen LogP contribution >= 0.6 is 11.6 Å². The molecule has 21 heavy (non-hydrogen) atoms. The lowest BCUT2D eigenvalue weighted by atomic mass is 10.1. The van der Waals surface area contributed by atoms with E-state index in [4.69, 9.17) is 11.6 Å². The number of rotatable bonds is 4. The maximum atomic E-state index is 12.3. The number of likely N-dealkylation sites (tertiary alicyclic amines) is 1. The summed E-state index contributed by atoms with van der Waals surface area (Å²) in [5, 5.41) is 0. The third kappa shape index (κ3) is 3.05. The molecule has 112 valence electrons. The van der Waals surface area contributed by atoms with Gasteiger partial charge in [-0.25, -0.2) is 4.98 Å². The Bertz CT molecular complexity index is 631. The number of piperidine rings is 1. The number of hydrogen-bond donors (Lipinski definition) is 0. The highest BCUT2D eigenvalue weighted by Crippen LogP contribution is 2.18. The number of nitrogens with zero attached hydrogens (tertiary/aromatic N) is 3. The Morgan fingerprint density at radius 1 is 1.19 bits per heavy atom. The molecule has 0 spiro atoms. The van der Waals surface area contributed by atoms with Gasteiger partial charge in [-0.3, -0.25) is 4.79 Å². The summed E-state index contributed by atoms with van der Waals surface area (Å²) in [7, 11) is 0. The van der Waals surface area contributed by atoms with Crippen LogP contribution in [0.25, 0.3) is 11.0 Å². The molecule has 0 radical (unpaired) electrons. The molecule has 0 atom stereocenters. The van der Waals surface area contributed by atoms with Crippen LogP contribution in [0.2, 0.25) is 0 Å². The average molecular weight is 306 g/mol. The van der Waals surface area contributed by atoms with Crippen molar-refractivity contribution in [2.24, 2.45) is 0 Å². The van der Waals surface area contributed by atoms with Crippen LogP contribution in [0.1, 0.15) is 31.5 Å². The number of para-hydroxylation sites is 2. The molecule has 4 nitrogen and oxygen atoms in total. The Kier molecular flexibility index (Phi) is 4.44. The molecule has 1 aromatic heterocycles. The molecule has 0 bridgehead atoms. The zero-order chi connectivity index (χ0) is 14.7. The van der Waals surface area contributed by atoms with Crippen LogP contribution in [0.3, 0.4) is 0 Å². The largest absolute Gasteiger partial charge is 0.343 e. The first-order chi connectivity index (χ1) is 10.3. The fraction of sp³-hybridized carbons (Fsp3) is 0.500. The molecule has 1 aliphatic heterocycles. The SMILES string of the molecule is O=C(CCn1c(CCl)nc2ccccc21)N1CCCCC1. The summed E-state index contributed by atoms with van der Waals surface area (Å²) < 4.78 is 2.07. The van der Waals surface area contributed by atoms with Gasteiger partial charge in [-0.1, -0.05) is 12.1 Å². The molecule has 3 rings (SSSR count). The predicted molar refractivity (Wildman–Crippen MR) is 84.3 cm³/mol. The number of carbonyl (C=O) groups is 1. The molecule has 0 aliphatic carbocycles. The fourth-order valence-corrected chi connectivity index (χ4v) is 3.19. The van der Waals surface area contributed by atoms with Crippen molar-refractivity contribution in [3.63, 3.8) is 0 Å². The summed E-state index contributed by atoms with van der Waals surface area (Å²) in [4.78, 5) is 18.8. The van der Waals surface area contributed by atoms with Crippen molar-refractivity contribution in [2.45, 2.75) is 38.1 Å². The van der Waals surface area contributed by atoms with E-state index in [9.17, 15) is 4.79 Å². The standard InChI is InChI=1S/C16H20ClN3O/c17-12-15-18-13-6-2-3-7-14(13)20(15)11-8-16(21)19-9-4-1-5-10-19/h2-3,6-7H,1,4-5,8-12H2. The van der Waals surface area contributed by atoms with Gasteiger partial charge < -0.3 is 9.47 Å². The Labute approximate surface area is 129 Å². The van der Waals surface area contributed by atoms with Crippen LogP contribution in [0, 0.1) is 0 Å². The van der Waals surface area contributed by atoms with Crippen LogP contribution in [-0.4, -0.2) is 33.4 Å². The number of aromatic nitrogens is 2. The minimum Gasteiger partial charge on any atom is -0.343 e. The molecule has 0 saturated carbocycles. The van der Waals surface area contributed by atoms with Crippen molar-refractivity contribution in [1.82, 2.24) is 14.5 Å². The second-order valence-corrected chi connectivity index (χ2v) is 5.76. The van der Waals surface area contributed by atoms with E-state index < -0.39 is 0 Å². The number of hydrogen-bond acceptors (Lipinski definition) is 2. The third-order valence-corrected chi connectivity index (χ3v) is 4.35. The van der Waals surface area contributed by atoms with Gasteiger partial charge in [0.25, 0.3) is 0 Å². The van der Waals surface area contributed by atoms with E-state index >= 15 is 0 Å². The van der Waals surface area contributed by atoms with E-state index in [1.165, 1.54) is 6.42 Å². The predicted octanol–water partition coefficient (Wildman–Crippen LogP) is 3.18. The summed E-state index contributed by atoms with van der Waals surface area (Å²) in [6, 6.07) is 7.97. The van der Waals surface area contributed by atoms with E-state index in [2.05, 4.69) is 9.55 Å². The number of amides is 1. The number of halogens is 1. The van der Waals surface area contributed by atoms with E-state index in [-0.39, 0.29) is 5.91 Å². The highest BCUT2D eigenvalue weighted by molar-refractivity contribution is 6.16. The van der Waals surface area contributed by atoms with E-state index in [1.807, 2.05) is 29.2 Å². The van der Waals surface area contributed by atoms with Gasteiger partial charge in [0.15, 0.2) is 0 Å². The molecule has 1 amide bonds. The third-order valence-electron chi connectivity index (χ3n) is 4.11. The molecule has 2 heterocycles. The number of imidazole rings is 1. The summed E-state index contributed by atoms with van der Waals surface area (Å²) in [6.45, 7) is 2.47. The number of fused-ring (bicyclic) bond motifs is 1. The fourth-order valence-electron chi connectivity index (χ4n) is 2.99. The van der Waals surface area contributed by atoms with Gasteiger partial charge in [0, 0.05) is 26.1 Å². The lowest BCUT2D eigenvalue weighted by Crippen LogP contribution is -2.36. The van der Waals surface area contributed by atoms with Crippen molar-refractivity contribution in [3.05, 3.63) is 30.1 Å². The summed E-state index contributed by atoms with van der Waals surface area (Å²) in [5.41, 5.74) is 2.00. The topological polar surface area (TPSA) is 38.1 Å². The van der Waals surface area contributed by atoms with E-state index in [1.54, 1.807) is 0 Å². The second-order valence-electron chi connectivity index (χ2n) is 5.49. The molecule has 0 N–H and O–H groups in total. The Balaban J connectivity index is 1.73. The molecule has 1 saturated heterocycles. The van der Waals surface area contributed by atoms with Crippen molar-refractivity contribution < 1.29 is 4.79 Å². The number of benzene rings is 1. The van der Waals surface area contributed by atoms with Gasteiger partial charge in [0.05, 0.1) is 16.9 Å². The van der Waals surface area contributed by atoms with Crippen molar-refractivity contribution in [2.75, 3.05) is 13.1 Å². The smallest absolute Gasteiger partial charge is 0.224 e. The van der Waals surface area contributed by atoms with E-state index in [0.29, 0.717) is 18.8 Å². The van der Waals surface area contributed by atoms with E-state index in [0.717, 1.165) is 42.8 Å². The van der Waals surface area contributed by atoms with Gasteiger partial charge in [-0.05, 0) is 31.4 Å².